The van der Waals surface area contributed by atoms with E-state index in [4.69, 9.17) is 0 Å². The van der Waals surface area contributed by atoms with E-state index in [0.717, 1.165) is 20.8 Å². The SMILES string of the molecule is Cc1sc2ncnc(S[C@H](C)C(=O)N3CCNC3=O)c2c1C. The molecule has 6 nitrogen and oxygen atoms in total. The number of aromatic nitrogens is 2. The first-order chi connectivity index (χ1) is 10.5. The number of hydrogen-bond acceptors (Lipinski definition) is 6. The number of thiophene rings is 1. The molecule has 2 aromatic heterocycles. The number of fused-ring (bicyclic) bond motifs is 1. The smallest absolute Gasteiger partial charge is 0.324 e. The fourth-order valence-corrected chi connectivity index (χ4v) is 4.46. The lowest BCUT2D eigenvalue weighted by molar-refractivity contribution is -0.126. The molecule has 1 fully saturated rings. The van der Waals surface area contributed by atoms with Crippen molar-refractivity contribution in [2.24, 2.45) is 0 Å². The largest absolute Gasteiger partial charge is 0.336 e. The van der Waals surface area contributed by atoms with Crippen LogP contribution in [0.15, 0.2) is 11.4 Å². The number of carbonyl (C=O) groups is 2. The lowest BCUT2D eigenvalue weighted by Gasteiger charge is -2.17. The van der Waals surface area contributed by atoms with Gasteiger partial charge in [0.2, 0.25) is 5.91 Å². The highest BCUT2D eigenvalue weighted by Crippen LogP contribution is 2.36. The van der Waals surface area contributed by atoms with Gasteiger partial charge in [0.05, 0.1) is 5.25 Å². The Morgan fingerprint density at radius 3 is 2.91 bits per heavy atom. The summed E-state index contributed by atoms with van der Waals surface area (Å²) in [6, 6.07) is -0.312. The number of amides is 3. The Bertz CT molecular complexity index is 759. The second kappa shape index (κ2) is 5.85. The summed E-state index contributed by atoms with van der Waals surface area (Å²) in [7, 11) is 0. The van der Waals surface area contributed by atoms with Crippen LogP contribution in [-0.2, 0) is 4.79 Å². The van der Waals surface area contributed by atoms with Crippen LogP contribution in [0.4, 0.5) is 4.79 Å². The van der Waals surface area contributed by atoms with Gasteiger partial charge in [0.25, 0.3) is 0 Å². The summed E-state index contributed by atoms with van der Waals surface area (Å²) >= 11 is 3.01. The zero-order valence-electron chi connectivity index (χ0n) is 12.5. The van der Waals surface area contributed by atoms with E-state index in [1.165, 1.54) is 27.9 Å². The van der Waals surface area contributed by atoms with Gasteiger partial charge in [-0.2, -0.15) is 0 Å². The van der Waals surface area contributed by atoms with Crippen molar-refractivity contribution in [2.75, 3.05) is 13.1 Å². The van der Waals surface area contributed by atoms with Crippen LogP contribution in [0.2, 0.25) is 0 Å². The summed E-state index contributed by atoms with van der Waals surface area (Å²) in [5, 5.41) is 4.08. The number of thioether (sulfide) groups is 1. The van der Waals surface area contributed by atoms with E-state index in [1.54, 1.807) is 18.3 Å². The van der Waals surface area contributed by atoms with E-state index in [1.807, 2.05) is 6.92 Å². The molecule has 0 unspecified atom stereocenters. The van der Waals surface area contributed by atoms with Crippen molar-refractivity contribution in [3.05, 3.63) is 16.8 Å². The molecular weight excluding hydrogens is 320 g/mol. The second-order valence-electron chi connectivity index (χ2n) is 5.12. The third kappa shape index (κ3) is 2.56. The van der Waals surface area contributed by atoms with E-state index >= 15 is 0 Å². The van der Waals surface area contributed by atoms with Crippen molar-refractivity contribution in [2.45, 2.75) is 31.0 Å². The van der Waals surface area contributed by atoms with Crippen LogP contribution >= 0.6 is 23.1 Å². The summed E-state index contributed by atoms with van der Waals surface area (Å²) in [4.78, 5) is 36.0. The van der Waals surface area contributed by atoms with Gasteiger partial charge in [0.15, 0.2) is 0 Å². The first kappa shape index (κ1) is 15.2. The Balaban J connectivity index is 1.86. The Hall–Kier alpha value is -1.67. The van der Waals surface area contributed by atoms with E-state index in [0.29, 0.717) is 13.1 Å². The topological polar surface area (TPSA) is 75.2 Å². The highest BCUT2D eigenvalue weighted by molar-refractivity contribution is 8.00. The molecule has 3 amide bonds. The number of urea groups is 1. The summed E-state index contributed by atoms with van der Waals surface area (Å²) < 4.78 is 0. The van der Waals surface area contributed by atoms with Crippen LogP contribution in [0.25, 0.3) is 10.2 Å². The third-order valence-electron chi connectivity index (χ3n) is 3.69. The van der Waals surface area contributed by atoms with Crippen LogP contribution < -0.4 is 5.32 Å². The summed E-state index contributed by atoms with van der Waals surface area (Å²) in [6.07, 6.45) is 1.53. The molecule has 1 saturated heterocycles. The summed E-state index contributed by atoms with van der Waals surface area (Å²) in [6.45, 7) is 6.85. The van der Waals surface area contributed by atoms with Gasteiger partial charge >= 0.3 is 6.03 Å². The lowest BCUT2D eigenvalue weighted by atomic mass is 10.2. The third-order valence-corrected chi connectivity index (χ3v) is 5.89. The van der Waals surface area contributed by atoms with E-state index < -0.39 is 0 Å². The quantitative estimate of drug-likeness (QED) is 0.688. The van der Waals surface area contributed by atoms with Gasteiger partial charge in [-0.3, -0.25) is 9.69 Å². The van der Waals surface area contributed by atoms with Gasteiger partial charge in [0.1, 0.15) is 16.2 Å². The molecule has 1 N–H and O–H groups in total. The lowest BCUT2D eigenvalue weighted by Crippen LogP contribution is -2.38. The van der Waals surface area contributed by atoms with Crippen molar-refractivity contribution < 1.29 is 9.59 Å². The molecule has 2 aromatic rings. The number of hydrogen-bond donors (Lipinski definition) is 1. The Morgan fingerprint density at radius 1 is 1.45 bits per heavy atom. The van der Waals surface area contributed by atoms with Crippen LogP contribution in [-0.4, -0.2) is 45.1 Å². The summed E-state index contributed by atoms with van der Waals surface area (Å²) in [5.74, 6) is -0.184. The number of nitrogens with one attached hydrogen (secondary N) is 1. The average molecular weight is 336 g/mol. The van der Waals surface area contributed by atoms with E-state index in [2.05, 4.69) is 22.2 Å². The molecule has 116 valence electrons. The van der Waals surface area contributed by atoms with Gasteiger partial charge in [-0.05, 0) is 26.3 Å². The predicted octanol–water partition coefficient (Wildman–Crippen LogP) is 2.34. The fraction of sp³-hybridized carbons (Fsp3) is 0.429. The van der Waals surface area contributed by atoms with E-state index in [9.17, 15) is 9.59 Å². The standard InChI is InChI=1S/C14H16N4O2S2/c1-7-8(2)21-11-10(7)12(17-6-16-11)22-9(3)13(19)18-5-4-15-14(18)20/h6,9H,4-5H2,1-3H3,(H,15,20)/t9-/m1/s1. The fourth-order valence-electron chi connectivity index (χ4n) is 2.36. The summed E-state index contributed by atoms with van der Waals surface area (Å²) in [5.41, 5.74) is 1.15. The predicted molar refractivity (Wildman–Crippen MR) is 87.3 cm³/mol. The molecule has 0 radical (unpaired) electrons. The first-order valence-electron chi connectivity index (χ1n) is 6.95. The zero-order valence-corrected chi connectivity index (χ0v) is 14.2. The van der Waals surface area contributed by atoms with Gasteiger partial charge in [-0.15, -0.1) is 11.3 Å². The molecule has 0 saturated carbocycles. The Kier molecular flexibility index (Phi) is 4.05. The minimum absolute atomic E-state index is 0.184. The molecule has 3 rings (SSSR count). The molecule has 22 heavy (non-hydrogen) atoms. The number of nitrogens with zero attached hydrogens (tertiary/aromatic N) is 3. The van der Waals surface area contributed by atoms with Crippen LogP contribution in [0.5, 0.6) is 0 Å². The molecule has 1 aliphatic heterocycles. The van der Waals surface area contributed by atoms with Gasteiger partial charge in [-0.1, -0.05) is 11.8 Å². The van der Waals surface area contributed by atoms with Gasteiger partial charge < -0.3 is 5.32 Å². The van der Waals surface area contributed by atoms with E-state index in [-0.39, 0.29) is 17.2 Å². The molecule has 1 atom stereocenters. The second-order valence-corrected chi connectivity index (χ2v) is 7.66. The number of imide groups is 1. The maximum absolute atomic E-state index is 12.4. The van der Waals surface area contributed by atoms with Crippen molar-refractivity contribution >= 4 is 45.3 Å². The van der Waals surface area contributed by atoms with Crippen molar-refractivity contribution in [3.8, 4) is 0 Å². The minimum atomic E-state index is -0.374. The van der Waals surface area contributed by atoms with Gasteiger partial charge in [0, 0.05) is 23.4 Å². The Morgan fingerprint density at radius 2 is 2.23 bits per heavy atom. The Labute approximate surface area is 136 Å². The molecular formula is C14H16N4O2S2. The number of carbonyl (C=O) groups excluding carboxylic acids is 2. The first-order valence-corrected chi connectivity index (χ1v) is 8.65. The van der Waals surface area contributed by atoms with Crippen molar-refractivity contribution in [1.29, 1.82) is 0 Å². The zero-order chi connectivity index (χ0) is 15.9. The normalized spacial score (nSPS) is 16.1. The molecule has 0 spiro atoms. The molecule has 8 heteroatoms. The monoisotopic (exact) mass is 336 g/mol. The van der Waals surface area contributed by atoms with Crippen LogP contribution in [0.1, 0.15) is 17.4 Å². The van der Waals surface area contributed by atoms with Gasteiger partial charge in [-0.25, -0.2) is 14.8 Å². The highest BCUT2D eigenvalue weighted by atomic mass is 32.2. The average Bonchev–Trinajstić information content (AvgIpc) is 3.03. The van der Waals surface area contributed by atoms with Crippen LogP contribution in [0, 0.1) is 13.8 Å². The molecule has 0 bridgehead atoms. The molecule has 0 aliphatic carbocycles. The highest BCUT2D eigenvalue weighted by Gasteiger charge is 2.30. The van der Waals surface area contributed by atoms with Crippen molar-refractivity contribution in [1.82, 2.24) is 20.2 Å². The number of aryl methyl sites for hydroxylation is 2. The maximum Gasteiger partial charge on any atom is 0.324 e. The molecule has 1 aliphatic rings. The molecule has 0 aromatic carbocycles. The van der Waals surface area contributed by atoms with Crippen molar-refractivity contribution in [3.63, 3.8) is 0 Å². The minimum Gasteiger partial charge on any atom is -0.336 e. The molecule has 3 heterocycles. The number of rotatable bonds is 3. The maximum atomic E-state index is 12.4. The van der Waals surface area contributed by atoms with Crippen LogP contribution in [0.3, 0.4) is 0 Å².